The third-order valence-corrected chi connectivity index (χ3v) is 4.07. The summed E-state index contributed by atoms with van der Waals surface area (Å²) in [5.74, 6) is 0.117. The van der Waals surface area contributed by atoms with Crippen molar-refractivity contribution in [3.8, 4) is 0 Å². The van der Waals surface area contributed by atoms with Gasteiger partial charge in [0.05, 0.1) is 17.8 Å². The summed E-state index contributed by atoms with van der Waals surface area (Å²) in [5.41, 5.74) is 2.89. The first kappa shape index (κ1) is 14.0. The lowest BCUT2D eigenvalue weighted by molar-refractivity contribution is 0.0475. The number of hydrogen-bond donors (Lipinski definition) is 0. The summed E-state index contributed by atoms with van der Waals surface area (Å²) in [6.45, 7) is 4.00. The van der Waals surface area contributed by atoms with Crippen molar-refractivity contribution < 1.29 is 13.9 Å². The minimum Gasteiger partial charge on any atom is -0.459 e. The average molecular weight is 299 g/mol. The topological polar surface area (TPSA) is 78.1 Å². The molecule has 0 aliphatic heterocycles. The zero-order valence-corrected chi connectivity index (χ0v) is 12.2. The molecule has 6 nitrogen and oxygen atoms in total. The van der Waals surface area contributed by atoms with Gasteiger partial charge in [0.25, 0.3) is 5.22 Å². The minimum absolute atomic E-state index is 0.0988. The first-order valence-corrected chi connectivity index (χ1v) is 7.59. The number of carbonyl (C=O) groups excluding carboxylic acids is 1. The molecule has 0 saturated carbocycles. The predicted octanol–water partition coefficient (Wildman–Crippen LogP) is 2.35. The van der Waals surface area contributed by atoms with E-state index in [9.17, 15) is 4.79 Å². The number of carbonyl (C=O) groups is 1. The van der Waals surface area contributed by atoms with Gasteiger partial charge in [0, 0.05) is 10.6 Å². The molecule has 8 heteroatoms. The molecular formula is C11H13N3O3S2. The number of aryl methyl sites for hydroxylation is 2. The second-order valence-corrected chi connectivity index (χ2v) is 5.54. The van der Waals surface area contributed by atoms with Gasteiger partial charge in [0.15, 0.2) is 0 Å². The van der Waals surface area contributed by atoms with E-state index in [0.717, 1.165) is 17.9 Å². The molecule has 0 spiro atoms. The fraction of sp³-hybridized carbons (Fsp3) is 0.455. The van der Waals surface area contributed by atoms with Crippen LogP contribution in [0.1, 0.15) is 28.2 Å². The standard InChI is InChI=1S/C11H13N3O3S2/c1-3-16-10(15)9-13-14-11(17-9)18-5-4-8-7(2)12-6-19-8/h6H,3-5H2,1-2H3. The van der Waals surface area contributed by atoms with Gasteiger partial charge >= 0.3 is 11.9 Å². The number of thiazole rings is 1. The van der Waals surface area contributed by atoms with Crippen molar-refractivity contribution in [2.75, 3.05) is 12.4 Å². The van der Waals surface area contributed by atoms with E-state index in [2.05, 4.69) is 15.2 Å². The molecule has 2 rings (SSSR count). The molecule has 0 aliphatic rings. The van der Waals surface area contributed by atoms with Crippen LogP contribution in [-0.2, 0) is 11.2 Å². The van der Waals surface area contributed by atoms with Gasteiger partial charge in [-0.05, 0) is 20.3 Å². The third-order valence-electron chi connectivity index (χ3n) is 2.26. The van der Waals surface area contributed by atoms with Crippen LogP contribution < -0.4 is 0 Å². The molecule has 0 bridgehead atoms. The van der Waals surface area contributed by atoms with Crippen LogP contribution in [-0.4, -0.2) is 33.5 Å². The number of nitrogens with zero attached hydrogens (tertiary/aromatic N) is 3. The Morgan fingerprint density at radius 2 is 2.37 bits per heavy atom. The number of hydrogen-bond acceptors (Lipinski definition) is 8. The monoisotopic (exact) mass is 299 g/mol. The van der Waals surface area contributed by atoms with Gasteiger partial charge in [0.1, 0.15) is 0 Å². The first-order chi connectivity index (χ1) is 9.20. The summed E-state index contributed by atoms with van der Waals surface area (Å²) in [7, 11) is 0. The van der Waals surface area contributed by atoms with E-state index in [1.54, 1.807) is 18.3 Å². The van der Waals surface area contributed by atoms with Crippen molar-refractivity contribution in [1.29, 1.82) is 0 Å². The highest BCUT2D eigenvalue weighted by Gasteiger charge is 2.16. The number of rotatable bonds is 6. The SMILES string of the molecule is CCOC(=O)c1nnc(SCCc2scnc2C)o1. The van der Waals surface area contributed by atoms with E-state index < -0.39 is 5.97 Å². The molecule has 2 aromatic heterocycles. The smallest absolute Gasteiger partial charge is 0.396 e. The van der Waals surface area contributed by atoms with Gasteiger partial charge in [0.2, 0.25) is 0 Å². The number of esters is 1. The van der Waals surface area contributed by atoms with Crippen molar-refractivity contribution in [3.05, 3.63) is 22.0 Å². The molecule has 2 heterocycles. The molecule has 0 aliphatic carbocycles. The van der Waals surface area contributed by atoms with Crippen LogP contribution in [0.4, 0.5) is 0 Å². The Morgan fingerprint density at radius 3 is 3.05 bits per heavy atom. The van der Waals surface area contributed by atoms with Crippen LogP contribution in [0, 0.1) is 6.92 Å². The molecule has 0 aromatic carbocycles. The molecule has 0 unspecified atom stereocenters. The third kappa shape index (κ3) is 3.77. The summed E-state index contributed by atoms with van der Waals surface area (Å²) in [6.07, 6.45) is 0.887. The molecule has 2 aromatic rings. The second-order valence-electron chi connectivity index (χ2n) is 3.55. The van der Waals surface area contributed by atoms with Gasteiger partial charge in [-0.3, -0.25) is 0 Å². The predicted molar refractivity (Wildman–Crippen MR) is 71.5 cm³/mol. The van der Waals surface area contributed by atoms with Gasteiger partial charge in [-0.1, -0.05) is 16.9 Å². The highest BCUT2D eigenvalue weighted by atomic mass is 32.2. The number of aromatic nitrogens is 3. The highest BCUT2D eigenvalue weighted by Crippen LogP contribution is 2.20. The molecule has 0 radical (unpaired) electrons. The fourth-order valence-corrected chi connectivity index (χ4v) is 2.97. The van der Waals surface area contributed by atoms with E-state index in [-0.39, 0.29) is 12.5 Å². The molecule has 0 saturated heterocycles. The zero-order valence-electron chi connectivity index (χ0n) is 10.6. The van der Waals surface area contributed by atoms with Crippen LogP contribution >= 0.6 is 23.1 Å². The zero-order chi connectivity index (χ0) is 13.7. The fourth-order valence-electron chi connectivity index (χ4n) is 1.34. The van der Waals surface area contributed by atoms with Crippen molar-refractivity contribution in [2.45, 2.75) is 25.5 Å². The maximum absolute atomic E-state index is 11.3. The second kappa shape index (κ2) is 6.67. The van der Waals surface area contributed by atoms with Crippen LogP contribution in [0.25, 0.3) is 0 Å². The Hall–Kier alpha value is -1.41. The van der Waals surface area contributed by atoms with Gasteiger partial charge in [-0.15, -0.1) is 16.4 Å². The van der Waals surface area contributed by atoms with Crippen LogP contribution in [0.15, 0.2) is 15.2 Å². The average Bonchev–Trinajstić information content (AvgIpc) is 3.00. The van der Waals surface area contributed by atoms with E-state index in [1.807, 2.05) is 12.4 Å². The summed E-state index contributed by atoms with van der Waals surface area (Å²) in [4.78, 5) is 16.8. The van der Waals surface area contributed by atoms with Crippen molar-refractivity contribution in [2.24, 2.45) is 0 Å². The summed E-state index contributed by atoms with van der Waals surface area (Å²) in [6, 6.07) is 0. The minimum atomic E-state index is -0.583. The van der Waals surface area contributed by atoms with Gasteiger partial charge in [-0.25, -0.2) is 9.78 Å². The Morgan fingerprint density at radius 1 is 1.53 bits per heavy atom. The lowest BCUT2D eigenvalue weighted by atomic mass is 10.3. The highest BCUT2D eigenvalue weighted by molar-refractivity contribution is 7.99. The van der Waals surface area contributed by atoms with Crippen molar-refractivity contribution in [1.82, 2.24) is 15.2 Å². The van der Waals surface area contributed by atoms with E-state index >= 15 is 0 Å². The summed E-state index contributed by atoms with van der Waals surface area (Å²) in [5, 5.41) is 7.82. The van der Waals surface area contributed by atoms with Gasteiger partial charge in [-0.2, -0.15) is 0 Å². The Kier molecular flexibility index (Phi) is 4.92. The lowest BCUT2D eigenvalue weighted by Crippen LogP contribution is -2.04. The first-order valence-electron chi connectivity index (χ1n) is 5.73. The van der Waals surface area contributed by atoms with Gasteiger partial charge < -0.3 is 9.15 Å². The summed E-state index contributed by atoms with van der Waals surface area (Å²) >= 11 is 3.05. The largest absolute Gasteiger partial charge is 0.459 e. The van der Waals surface area contributed by atoms with E-state index in [0.29, 0.717) is 5.22 Å². The summed E-state index contributed by atoms with van der Waals surface area (Å²) < 4.78 is 9.97. The van der Waals surface area contributed by atoms with Crippen LogP contribution in [0.5, 0.6) is 0 Å². The number of thioether (sulfide) groups is 1. The molecular weight excluding hydrogens is 286 g/mol. The molecule has 19 heavy (non-hydrogen) atoms. The maximum atomic E-state index is 11.3. The van der Waals surface area contributed by atoms with Crippen molar-refractivity contribution in [3.63, 3.8) is 0 Å². The number of ether oxygens (including phenoxy) is 1. The molecule has 0 amide bonds. The van der Waals surface area contributed by atoms with Crippen LogP contribution in [0.3, 0.4) is 0 Å². The Bertz CT molecular complexity index is 553. The molecule has 0 N–H and O–H groups in total. The van der Waals surface area contributed by atoms with Crippen LogP contribution in [0.2, 0.25) is 0 Å². The molecule has 102 valence electrons. The van der Waals surface area contributed by atoms with E-state index in [4.69, 9.17) is 9.15 Å². The molecule has 0 fully saturated rings. The Labute approximate surface area is 118 Å². The Balaban J connectivity index is 1.84. The van der Waals surface area contributed by atoms with E-state index in [1.165, 1.54) is 16.6 Å². The maximum Gasteiger partial charge on any atom is 0.396 e. The normalized spacial score (nSPS) is 10.6. The van der Waals surface area contributed by atoms with Crippen molar-refractivity contribution >= 4 is 29.1 Å². The molecule has 0 atom stereocenters. The lowest BCUT2D eigenvalue weighted by Gasteiger charge is -1.96. The quantitative estimate of drug-likeness (QED) is 0.598.